The third-order valence-electron chi connectivity index (χ3n) is 3.92. The Morgan fingerprint density at radius 3 is 2.38 bits per heavy atom. The molecule has 0 saturated heterocycles. The molecular weight excluding hydrogens is 329 g/mol. The number of nitrogens with zero attached hydrogens (tertiary/aromatic N) is 2. The van der Waals surface area contributed by atoms with Crippen molar-refractivity contribution in [2.45, 2.75) is 6.54 Å². The molecule has 0 aliphatic heterocycles. The van der Waals surface area contributed by atoms with Crippen molar-refractivity contribution in [2.24, 2.45) is 0 Å². The van der Waals surface area contributed by atoms with E-state index < -0.39 is 0 Å². The van der Waals surface area contributed by atoms with Crippen molar-refractivity contribution in [3.05, 3.63) is 90.6 Å². The molecule has 1 N–H and O–H groups in total. The van der Waals surface area contributed by atoms with Crippen LogP contribution in [-0.4, -0.2) is 9.97 Å². The smallest absolute Gasteiger partial charge is 0.162 e. The van der Waals surface area contributed by atoms with Crippen LogP contribution in [0.4, 0.5) is 10.2 Å². The molecule has 0 atom stereocenters. The van der Waals surface area contributed by atoms with Gasteiger partial charge in [0.25, 0.3) is 0 Å². The van der Waals surface area contributed by atoms with Crippen molar-refractivity contribution >= 4 is 5.82 Å². The second kappa shape index (κ2) is 7.19. The molecule has 5 heteroatoms. The number of rotatable bonds is 5. The van der Waals surface area contributed by atoms with Gasteiger partial charge in [-0.3, -0.25) is 0 Å². The third kappa shape index (κ3) is 3.62. The molecule has 0 aliphatic rings. The number of benzene rings is 2. The minimum atomic E-state index is -0.276. The summed E-state index contributed by atoms with van der Waals surface area (Å²) in [5.41, 5.74) is 2.46. The first-order valence-corrected chi connectivity index (χ1v) is 8.25. The summed E-state index contributed by atoms with van der Waals surface area (Å²) in [5.74, 6) is 1.82. The molecule has 4 rings (SSSR count). The first kappa shape index (κ1) is 16.0. The quantitative estimate of drug-likeness (QED) is 0.543. The normalized spacial score (nSPS) is 10.7. The molecule has 4 nitrogen and oxygen atoms in total. The van der Waals surface area contributed by atoms with E-state index >= 15 is 0 Å². The molecule has 128 valence electrons. The Morgan fingerprint density at radius 1 is 0.846 bits per heavy atom. The maximum absolute atomic E-state index is 13.2. The lowest BCUT2D eigenvalue weighted by molar-refractivity contribution is 0.518. The molecule has 0 unspecified atom stereocenters. The van der Waals surface area contributed by atoms with Gasteiger partial charge in [0.15, 0.2) is 5.82 Å². The van der Waals surface area contributed by atoms with E-state index in [9.17, 15) is 4.39 Å². The van der Waals surface area contributed by atoms with E-state index in [0.717, 1.165) is 22.6 Å². The first-order chi connectivity index (χ1) is 12.8. The fourth-order valence-corrected chi connectivity index (χ4v) is 2.61. The molecule has 2 heterocycles. The minimum Gasteiger partial charge on any atom is -0.467 e. The van der Waals surface area contributed by atoms with Crippen LogP contribution in [0.5, 0.6) is 0 Å². The third-order valence-corrected chi connectivity index (χ3v) is 3.92. The molecule has 4 aromatic rings. The SMILES string of the molecule is Fc1ccc(-c2cc(NCc3ccco3)nc(-c3ccccc3)n2)cc1. The van der Waals surface area contributed by atoms with E-state index in [1.165, 1.54) is 12.1 Å². The van der Waals surface area contributed by atoms with Gasteiger partial charge in [-0.25, -0.2) is 14.4 Å². The topological polar surface area (TPSA) is 51.0 Å². The lowest BCUT2D eigenvalue weighted by Gasteiger charge is -2.10. The molecule has 0 spiro atoms. The van der Waals surface area contributed by atoms with Crippen molar-refractivity contribution in [1.29, 1.82) is 0 Å². The molecular formula is C21H16FN3O. The van der Waals surface area contributed by atoms with Crippen LogP contribution in [0.2, 0.25) is 0 Å². The van der Waals surface area contributed by atoms with Gasteiger partial charge in [0.05, 0.1) is 18.5 Å². The van der Waals surface area contributed by atoms with E-state index in [2.05, 4.69) is 15.3 Å². The summed E-state index contributed by atoms with van der Waals surface area (Å²) >= 11 is 0. The fraction of sp³-hybridized carbons (Fsp3) is 0.0476. The zero-order valence-corrected chi connectivity index (χ0v) is 13.9. The zero-order valence-electron chi connectivity index (χ0n) is 13.9. The van der Waals surface area contributed by atoms with Crippen molar-refractivity contribution < 1.29 is 8.81 Å². The number of furan rings is 1. The average molecular weight is 345 g/mol. The van der Waals surface area contributed by atoms with Crippen LogP contribution in [0.1, 0.15) is 5.76 Å². The highest BCUT2D eigenvalue weighted by Crippen LogP contribution is 2.25. The summed E-state index contributed by atoms with van der Waals surface area (Å²) in [7, 11) is 0. The number of anilines is 1. The van der Waals surface area contributed by atoms with Crippen LogP contribution >= 0.6 is 0 Å². The lowest BCUT2D eigenvalue weighted by Crippen LogP contribution is -2.03. The van der Waals surface area contributed by atoms with E-state index in [0.29, 0.717) is 18.2 Å². The van der Waals surface area contributed by atoms with Crippen molar-refractivity contribution in [3.63, 3.8) is 0 Å². The average Bonchev–Trinajstić information content (AvgIpc) is 3.21. The van der Waals surface area contributed by atoms with Crippen LogP contribution in [-0.2, 0) is 6.54 Å². The van der Waals surface area contributed by atoms with Gasteiger partial charge in [0, 0.05) is 17.2 Å². The number of halogens is 1. The van der Waals surface area contributed by atoms with Gasteiger partial charge in [-0.15, -0.1) is 0 Å². The van der Waals surface area contributed by atoms with Gasteiger partial charge in [0.1, 0.15) is 17.4 Å². The molecule has 0 aliphatic carbocycles. The highest BCUT2D eigenvalue weighted by molar-refractivity contribution is 5.67. The van der Waals surface area contributed by atoms with E-state index in [-0.39, 0.29) is 5.82 Å². The second-order valence-corrected chi connectivity index (χ2v) is 5.77. The highest BCUT2D eigenvalue weighted by atomic mass is 19.1. The summed E-state index contributed by atoms with van der Waals surface area (Å²) < 4.78 is 18.6. The van der Waals surface area contributed by atoms with Crippen LogP contribution in [0.25, 0.3) is 22.6 Å². The summed E-state index contributed by atoms with van der Waals surface area (Å²) in [4.78, 5) is 9.26. The number of nitrogens with one attached hydrogen (secondary N) is 1. The molecule has 2 aromatic heterocycles. The summed E-state index contributed by atoms with van der Waals surface area (Å²) in [5, 5.41) is 3.26. The summed E-state index contributed by atoms with van der Waals surface area (Å²) in [6, 6.07) is 21.6. The Balaban J connectivity index is 1.72. The van der Waals surface area contributed by atoms with Gasteiger partial charge in [-0.2, -0.15) is 0 Å². The predicted molar refractivity (Wildman–Crippen MR) is 98.9 cm³/mol. The van der Waals surface area contributed by atoms with Crippen LogP contribution in [0, 0.1) is 5.82 Å². The molecule has 26 heavy (non-hydrogen) atoms. The van der Waals surface area contributed by atoms with Crippen LogP contribution < -0.4 is 5.32 Å². The van der Waals surface area contributed by atoms with Crippen LogP contribution in [0.3, 0.4) is 0 Å². The van der Waals surface area contributed by atoms with Gasteiger partial charge < -0.3 is 9.73 Å². The van der Waals surface area contributed by atoms with E-state index in [1.807, 2.05) is 48.5 Å². The van der Waals surface area contributed by atoms with Crippen molar-refractivity contribution in [1.82, 2.24) is 9.97 Å². The summed E-state index contributed by atoms with van der Waals surface area (Å²) in [6.45, 7) is 0.515. The molecule has 0 amide bonds. The lowest BCUT2D eigenvalue weighted by atomic mass is 10.1. The van der Waals surface area contributed by atoms with Crippen molar-refractivity contribution in [3.8, 4) is 22.6 Å². The Morgan fingerprint density at radius 2 is 1.65 bits per heavy atom. The number of hydrogen-bond donors (Lipinski definition) is 1. The standard InChI is InChI=1S/C21H16FN3O/c22-17-10-8-15(9-11-17)19-13-20(23-14-18-7-4-12-26-18)25-21(24-19)16-5-2-1-3-6-16/h1-13H,14H2,(H,23,24,25). The Bertz CT molecular complexity index is 984. The Labute approximate surface area is 150 Å². The number of aromatic nitrogens is 2. The molecule has 0 fully saturated rings. The van der Waals surface area contributed by atoms with Gasteiger partial charge in [-0.1, -0.05) is 30.3 Å². The van der Waals surface area contributed by atoms with E-state index in [1.54, 1.807) is 18.4 Å². The first-order valence-electron chi connectivity index (χ1n) is 8.25. The van der Waals surface area contributed by atoms with Gasteiger partial charge in [-0.05, 0) is 36.4 Å². The maximum atomic E-state index is 13.2. The van der Waals surface area contributed by atoms with Crippen LogP contribution in [0.15, 0.2) is 83.5 Å². The number of hydrogen-bond acceptors (Lipinski definition) is 4. The Hall–Kier alpha value is -3.47. The molecule has 0 radical (unpaired) electrons. The minimum absolute atomic E-state index is 0.276. The summed E-state index contributed by atoms with van der Waals surface area (Å²) in [6.07, 6.45) is 1.64. The molecule has 0 saturated carbocycles. The monoisotopic (exact) mass is 345 g/mol. The predicted octanol–water partition coefficient (Wildman–Crippen LogP) is 5.15. The second-order valence-electron chi connectivity index (χ2n) is 5.77. The van der Waals surface area contributed by atoms with Gasteiger partial charge >= 0.3 is 0 Å². The van der Waals surface area contributed by atoms with E-state index in [4.69, 9.17) is 4.42 Å². The Kier molecular flexibility index (Phi) is 4.43. The highest BCUT2D eigenvalue weighted by Gasteiger charge is 2.09. The van der Waals surface area contributed by atoms with Gasteiger partial charge in [0.2, 0.25) is 0 Å². The molecule has 0 bridgehead atoms. The maximum Gasteiger partial charge on any atom is 0.162 e. The largest absolute Gasteiger partial charge is 0.467 e. The van der Waals surface area contributed by atoms with Crippen molar-refractivity contribution in [2.75, 3.05) is 5.32 Å². The molecule has 2 aromatic carbocycles. The zero-order chi connectivity index (χ0) is 17.8. The fourth-order valence-electron chi connectivity index (χ4n) is 2.61.